The first-order chi connectivity index (χ1) is 8.67. The molecule has 5 heteroatoms. The zero-order valence-corrected chi connectivity index (χ0v) is 11.8. The van der Waals surface area contributed by atoms with Crippen LogP contribution in [-0.2, 0) is 0 Å². The Morgan fingerprint density at radius 1 is 1.22 bits per heavy atom. The number of benzene rings is 1. The fourth-order valence-electron chi connectivity index (χ4n) is 1.45. The van der Waals surface area contributed by atoms with Gasteiger partial charge in [0.05, 0.1) is 0 Å². The second kappa shape index (κ2) is 6.07. The van der Waals surface area contributed by atoms with Crippen molar-refractivity contribution >= 4 is 29.3 Å². The van der Waals surface area contributed by atoms with Gasteiger partial charge in [-0.25, -0.2) is 9.97 Å². The highest BCUT2D eigenvalue weighted by atomic mass is 35.5. The van der Waals surface area contributed by atoms with Crippen molar-refractivity contribution in [2.75, 3.05) is 11.9 Å². The molecule has 0 saturated heterocycles. The normalized spacial score (nSPS) is 10.4. The monoisotopic (exact) mass is 279 g/mol. The fraction of sp³-hybridized carbons (Fsp3) is 0.231. The van der Waals surface area contributed by atoms with E-state index in [1.54, 1.807) is 11.8 Å². The largest absolute Gasteiger partial charge is 0.354 e. The standard InChI is InChI=1S/C13H14ClN3S/c1-3-15-13-16-9(2)8-12(17-13)18-11-6-4-10(14)5-7-11/h4-8H,3H2,1-2H3,(H,15,16,17). The van der Waals surface area contributed by atoms with Gasteiger partial charge in [-0.3, -0.25) is 0 Å². The smallest absolute Gasteiger partial charge is 0.223 e. The molecule has 18 heavy (non-hydrogen) atoms. The summed E-state index contributed by atoms with van der Waals surface area (Å²) in [5, 5.41) is 4.80. The van der Waals surface area contributed by atoms with Gasteiger partial charge in [-0.1, -0.05) is 23.4 Å². The third kappa shape index (κ3) is 3.62. The summed E-state index contributed by atoms with van der Waals surface area (Å²) >= 11 is 7.46. The van der Waals surface area contributed by atoms with Crippen LogP contribution in [0.25, 0.3) is 0 Å². The molecule has 3 nitrogen and oxygen atoms in total. The molecule has 0 unspecified atom stereocenters. The molecule has 0 aliphatic carbocycles. The highest BCUT2D eigenvalue weighted by Gasteiger charge is 2.03. The van der Waals surface area contributed by atoms with Crippen molar-refractivity contribution in [3.63, 3.8) is 0 Å². The van der Waals surface area contributed by atoms with E-state index in [1.165, 1.54) is 0 Å². The van der Waals surface area contributed by atoms with Gasteiger partial charge in [0.25, 0.3) is 0 Å². The maximum absolute atomic E-state index is 5.86. The Morgan fingerprint density at radius 2 is 1.94 bits per heavy atom. The molecule has 0 amide bonds. The van der Waals surface area contributed by atoms with Crippen LogP contribution in [0.3, 0.4) is 0 Å². The Hall–Kier alpha value is -1.26. The van der Waals surface area contributed by atoms with Crippen LogP contribution >= 0.6 is 23.4 Å². The maximum atomic E-state index is 5.86. The third-order valence-corrected chi connectivity index (χ3v) is 3.38. The lowest BCUT2D eigenvalue weighted by Gasteiger charge is -2.06. The maximum Gasteiger partial charge on any atom is 0.223 e. The number of nitrogens with zero attached hydrogens (tertiary/aromatic N) is 2. The van der Waals surface area contributed by atoms with Gasteiger partial charge in [0.2, 0.25) is 5.95 Å². The minimum atomic E-state index is 0.675. The van der Waals surface area contributed by atoms with Gasteiger partial charge in [0.15, 0.2) is 0 Å². The SMILES string of the molecule is CCNc1nc(C)cc(Sc2ccc(Cl)cc2)n1. The van der Waals surface area contributed by atoms with Gasteiger partial charge < -0.3 is 5.32 Å². The van der Waals surface area contributed by atoms with E-state index in [0.717, 1.165) is 27.2 Å². The summed E-state index contributed by atoms with van der Waals surface area (Å²) in [4.78, 5) is 9.88. The first-order valence-corrected chi connectivity index (χ1v) is 6.90. The molecule has 94 valence electrons. The zero-order valence-electron chi connectivity index (χ0n) is 10.3. The van der Waals surface area contributed by atoms with Crippen LogP contribution in [0.5, 0.6) is 0 Å². The van der Waals surface area contributed by atoms with Crippen molar-refractivity contribution in [2.24, 2.45) is 0 Å². The highest BCUT2D eigenvalue weighted by Crippen LogP contribution is 2.27. The van der Waals surface area contributed by atoms with Gasteiger partial charge in [0, 0.05) is 22.2 Å². The average molecular weight is 280 g/mol. The summed E-state index contributed by atoms with van der Waals surface area (Å²) in [7, 11) is 0. The number of nitrogens with one attached hydrogen (secondary N) is 1. The summed E-state index contributed by atoms with van der Waals surface area (Å²) in [5.41, 5.74) is 0.956. The molecule has 0 bridgehead atoms. The number of hydrogen-bond acceptors (Lipinski definition) is 4. The Morgan fingerprint density at radius 3 is 2.61 bits per heavy atom. The van der Waals surface area contributed by atoms with Crippen molar-refractivity contribution in [3.05, 3.63) is 41.0 Å². The minimum absolute atomic E-state index is 0.675. The predicted octanol–water partition coefficient (Wildman–Crippen LogP) is 4.02. The van der Waals surface area contributed by atoms with Crippen molar-refractivity contribution in [1.29, 1.82) is 0 Å². The Labute approximate surface area is 116 Å². The van der Waals surface area contributed by atoms with Gasteiger partial charge in [-0.15, -0.1) is 0 Å². The van der Waals surface area contributed by atoms with E-state index < -0.39 is 0 Å². The third-order valence-electron chi connectivity index (χ3n) is 2.20. The number of hydrogen-bond donors (Lipinski definition) is 1. The summed E-state index contributed by atoms with van der Waals surface area (Å²) in [5.74, 6) is 0.675. The van der Waals surface area contributed by atoms with Crippen molar-refractivity contribution in [2.45, 2.75) is 23.8 Å². The van der Waals surface area contributed by atoms with Crippen molar-refractivity contribution in [3.8, 4) is 0 Å². The van der Waals surface area contributed by atoms with Crippen molar-refractivity contribution < 1.29 is 0 Å². The molecule has 0 saturated carbocycles. The number of aromatic nitrogens is 2. The number of halogens is 1. The van der Waals surface area contributed by atoms with Gasteiger partial charge in [0.1, 0.15) is 5.03 Å². The molecular formula is C13H14ClN3S. The topological polar surface area (TPSA) is 37.8 Å². The Kier molecular flexibility index (Phi) is 4.44. The van der Waals surface area contributed by atoms with Crippen LogP contribution in [0, 0.1) is 6.92 Å². The van der Waals surface area contributed by atoms with E-state index in [0.29, 0.717) is 5.95 Å². The van der Waals surface area contributed by atoms with E-state index in [9.17, 15) is 0 Å². The van der Waals surface area contributed by atoms with E-state index in [4.69, 9.17) is 11.6 Å². The predicted molar refractivity (Wildman–Crippen MR) is 76.5 cm³/mol. The Balaban J connectivity index is 2.20. The first-order valence-electron chi connectivity index (χ1n) is 5.70. The van der Waals surface area contributed by atoms with E-state index in [1.807, 2.05) is 44.2 Å². The molecule has 1 N–H and O–H groups in total. The second-order valence-electron chi connectivity index (χ2n) is 3.76. The zero-order chi connectivity index (χ0) is 13.0. The van der Waals surface area contributed by atoms with E-state index in [-0.39, 0.29) is 0 Å². The van der Waals surface area contributed by atoms with Crippen LogP contribution in [0.2, 0.25) is 5.02 Å². The highest BCUT2D eigenvalue weighted by molar-refractivity contribution is 7.99. The number of anilines is 1. The molecule has 0 radical (unpaired) electrons. The lowest BCUT2D eigenvalue weighted by atomic mass is 10.4. The first kappa shape index (κ1) is 13.2. The number of aryl methyl sites for hydroxylation is 1. The van der Waals surface area contributed by atoms with Gasteiger partial charge >= 0.3 is 0 Å². The Bertz CT molecular complexity index is 528. The van der Waals surface area contributed by atoms with Gasteiger partial charge in [-0.05, 0) is 44.2 Å². The van der Waals surface area contributed by atoms with Crippen molar-refractivity contribution in [1.82, 2.24) is 9.97 Å². The average Bonchev–Trinajstić information content (AvgIpc) is 2.32. The van der Waals surface area contributed by atoms with E-state index >= 15 is 0 Å². The summed E-state index contributed by atoms with van der Waals surface area (Å²) < 4.78 is 0. The second-order valence-corrected chi connectivity index (χ2v) is 5.29. The fourth-order valence-corrected chi connectivity index (χ4v) is 2.45. The molecule has 0 fully saturated rings. The molecule has 0 aliphatic rings. The lowest BCUT2D eigenvalue weighted by Crippen LogP contribution is -2.03. The quantitative estimate of drug-likeness (QED) is 0.858. The molecule has 0 atom stereocenters. The molecule has 2 aromatic rings. The van der Waals surface area contributed by atoms with Crippen LogP contribution < -0.4 is 5.32 Å². The molecule has 1 heterocycles. The van der Waals surface area contributed by atoms with Crippen LogP contribution in [0.15, 0.2) is 40.3 Å². The molecule has 0 spiro atoms. The summed E-state index contributed by atoms with van der Waals surface area (Å²) in [6.07, 6.45) is 0. The molecule has 2 rings (SSSR count). The molecule has 1 aromatic heterocycles. The van der Waals surface area contributed by atoms with Crippen LogP contribution in [-0.4, -0.2) is 16.5 Å². The molecule has 1 aromatic carbocycles. The van der Waals surface area contributed by atoms with E-state index in [2.05, 4.69) is 15.3 Å². The van der Waals surface area contributed by atoms with Gasteiger partial charge in [-0.2, -0.15) is 0 Å². The van der Waals surface area contributed by atoms with Crippen LogP contribution in [0.1, 0.15) is 12.6 Å². The van der Waals surface area contributed by atoms with Crippen LogP contribution in [0.4, 0.5) is 5.95 Å². The lowest BCUT2D eigenvalue weighted by molar-refractivity contribution is 0.984. The molecule has 0 aliphatic heterocycles. The summed E-state index contributed by atoms with van der Waals surface area (Å²) in [6.45, 7) is 4.81. The minimum Gasteiger partial charge on any atom is -0.354 e. The summed E-state index contributed by atoms with van der Waals surface area (Å²) in [6, 6.07) is 9.70. The number of rotatable bonds is 4. The molecular weight excluding hydrogens is 266 g/mol.